The summed E-state index contributed by atoms with van der Waals surface area (Å²) in [5.41, 5.74) is -0.796. The molecule has 2 aliphatic rings. The Labute approximate surface area is 125 Å². The lowest BCUT2D eigenvalue weighted by Crippen LogP contribution is -2.47. The van der Waals surface area contributed by atoms with Gasteiger partial charge in [0.25, 0.3) is 5.91 Å². The maximum atomic E-state index is 12.6. The maximum absolute atomic E-state index is 12.6. The minimum atomic E-state index is -0.796. The summed E-state index contributed by atoms with van der Waals surface area (Å²) in [4.78, 5) is 37.4. The molecule has 0 bridgehead atoms. The van der Waals surface area contributed by atoms with Crippen molar-refractivity contribution >= 4 is 17.9 Å². The van der Waals surface area contributed by atoms with Crippen LogP contribution in [0.25, 0.3) is 0 Å². The van der Waals surface area contributed by atoms with Crippen molar-refractivity contribution in [1.82, 2.24) is 10.2 Å². The Morgan fingerprint density at radius 3 is 2.33 bits per heavy atom. The quantitative estimate of drug-likeness (QED) is 0.638. The molecule has 1 saturated heterocycles. The number of rotatable bonds is 3. The largest absolute Gasteiger partial charge is 0.462 e. The second kappa shape index (κ2) is 6.45. The van der Waals surface area contributed by atoms with Crippen molar-refractivity contribution in [2.24, 2.45) is 0 Å². The SMILES string of the molecule is CC(C)OC(=O)CN1C(=O)NC2(CCCCCCC2)C1=O. The third-order valence-electron chi connectivity index (χ3n) is 4.11. The van der Waals surface area contributed by atoms with Gasteiger partial charge in [-0.05, 0) is 26.7 Å². The van der Waals surface area contributed by atoms with Gasteiger partial charge >= 0.3 is 12.0 Å². The van der Waals surface area contributed by atoms with Crippen LogP contribution in [-0.2, 0) is 14.3 Å². The summed E-state index contributed by atoms with van der Waals surface area (Å²) in [6, 6.07) is -0.471. The number of amides is 3. The van der Waals surface area contributed by atoms with Gasteiger partial charge in [0.05, 0.1) is 6.10 Å². The molecule has 2 rings (SSSR count). The van der Waals surface area contributed by atoms with E-state index in [1.54, 1.807) is 13.8 Å². The predicted octanol–water partition coefficient (Wildman–Crippen LogP) is 1.97. The van der Waals surface area contributed by atoms with E-state index in [1.807, 2.05) is 0 Å². The standard InChI is InChI=1S/C15H24N2O4/c1-11(2)21-12(18)10-17-13(19)15(16-14(17)20)8-6-4-3-5-7-9-15/h11H,3-10H2,1-2H3,(H,16,20). The molecule has 1 spiro atoms. The molecule has 6 heteroatoms. The number of ether oxygens (including phenoxy) is 1. The van der Waals surface area contributed by atoms with Crippen molar-refractivity contribution in [3.63, 3.8) is 0 Å². The van der Waals surface area contributed by atoms with Gasteiger partial charge in [0.15, 0.2) is 0 Å². The van der Waals surface area contributed by atoms with Crippen LogP contribution in [0.5, 0.6) is 0 Å². The van der Waals surface area contributed by atoms with E-state index in [0.29, 0.717) is 12.8 Å². The molecule has 0 atom stereocenters. The number of imide groups is 1. The van der Waals surface area contributed by atoms with Crippen LogP contribution in [0, 0.1) is 0 Å². The lowest BCUT2D eigenvalue weighted by molar-refractivity contribution is -0.151. The van der Waals surface area contributed by atoms with E-state index in [4.69, 9.17) is 4.74 Å². The number of nitrogens with zero attached hydrogens (tertiary/aromatic N) is 1. The first-order chi connectivity index (χ1) is 9.94. The topological polar surface area (TPSA) is 75.7 Å². The molecule has 0 aromatic carbocycles. The van der Waals surface area contributed by atoms with Gasteiger partial charge in [0.2, 0.25) is 0 Å². The summed E-state index contributed by atoms with van der Waals surface area (Å²) in [6.45, 7) is 3.17. The third kappa shape index (κ3) is 3.54. The van der Waals surface area contributed by atoms with Crippen molar-refractivity contribution in [3.05, 3.63) is 0 Å². The number of hydrogen-bond donors (Lipinski definition) is 1. The van der Waals surface area contributed by atoms with Crippen molar-refractivity contribution in [2.75, 3.05) is 6.54 Å². The van der Waals surface area contributed by atoms with Crippen molar-refractivity contribution in [3.8, 4) is 0 Å². The molecule has 1 saturated carbocycles. The average molecular weight is 296 g/mol. The number of urea groups is 1. The van der Waals surface area contributed by atoms with E-state index >= 15 is 0 Å². The molecule has 1 heterocycles. The summed E-state index contributed by atoms with van der Waals surface area (Å²) in [5.74, 6) is -0.813. The maximum Gasteiger partial charge on any atom is 0.326 e. The van der Waals surface area contributed by atoms with Crippen LogP contribution in [0.2, 0.25) is 0 Å². The minimum absolute atomic E-state index is 0.256. The molecule has 1 aliphatic heterocycles. The number of hydrogen-bond acceptors (Lipinski definition) is 4. The summed E-state index contributed by atoms with van der Waals surface area (Å²) >= 11 is 0. The fourth-order valence-electron chi connectivity index (χ4n) is 3.10. The molecule has 0 unspecified atom stereocenters. The molecule has 1 N–H and O–H groups in total. The average Bonchev–Trinajstić information content (AvgIpc) is 2.58. The van der Waals surface area contributed by atoms with Crippen LogP contribution in [-0.4, -0.2) is 41.0 Å². The summed E-state index contributed by atoms with van der Waals surface area (Å²) in [7, 11) is 0. The van der Waals surface area contributed by atoms with Crippen LogP contribution in [0.1, 0.15) is 58.8 Å². The Hall–Kier alpha value is -1.59. The number of nitrogens with one attached hydrogen (secondary N) is 1. The van der Waals surface area contributed by atoms with Gasteiger partial charge < -0.3 is 10.1 Å². The van der Waals surface area contributed by atoms with Gasteiger partial charge in [-0.25, -0.2) is 4.79 Å². The molecule has 6 nitrogen and oxygen atoms in total. The monoisotopic (exact) mass is 296 g/mol. The minimum Gasteiger partial charge on any atom is -0.462 e. The van der Waals surface area contributed by atoms with Gasteiger partial charge in [-0.2, -0.15) is 0 Å². The Balaban J connectivity index is 2.06. The first-order valence-electron chi connectivity index (χ1n) is 7.78. The first kappa shape index (κ1) is 15.8. The molecule has 0 aromatic rings. The second-order valence-electron chi connectivity index (χ2n) is 6.21. The zero-order chi connectivity index (χ0) is 15.5. The molecular formula is C15H24N2O4. The Bertz CT molecular complexity index is 425. The highest BCUT2D eigenvalue weighted by Crippen LogP contribution is 2.31. The smallest absolute Gasteiger partial charge is 0.326 e. The Morgan fingerprint density at radius 1 is 1.19 bits per heavy atom. The van der Waals surface area contributed by atoms with Gasteiger partial charge in [0.1, 0.15) is 12.1 Å². The predicted molar refractivity (Wildman–Crippen MR) is 76.5 cm³/mol. The zero-order valence-corrected chi connectivity index (χ0v) is 12.8. The molecule has 118 valence electrons. The molecule has 3 amide bonds. The highest BCUT2D eigenvalue weighted by molar-refractivity contribution is 6.08. The van der Waals surface area contributed by atoms with E-state index in [2.05, 4.69) is 5.32 Å². The fourth-order valence-corrected chi connectivity index (χ4v) is 3.10. The lowest BCUT2D eigenvalue weighted by Gasteiger charge is -2.28. The first-order valence-corrected chi connectivity index (χ1v) is 7.78. The lowest BCUT2D eigenvalue weighted by atomic mass is 9.84. The van der Waals surface area contributed by atoms with E-state index < -0.39 is 17.5 Å². The van der Waals surface area contributed by atoms with E-state index in [9.17, 15) is 14.4 Å². The van der Waals surface area contributed by atoms with Gasteiger partial charge in [0, 0.05) is 0 Å². The molecule has 0 aromatic heterocycles. The summed E-state index contributed by atoms with van der Waals surface area (Å²) < 4.78 is 5.02. The Morgan fingerprint density at radius 2 is 1.76 bits per heavy atom. The van der Waals surface area contributed by atoms with Crippen LogP contribution >= 0.6 is 0 Å². The summed E-state index contributed by atoms with van der Waals surface area (Å²) in [6.07, 6.45) is 6.27. The highest BCUT2D eigenvalue weighted by atomic mass is 16.5. The van der Waals surface area contributed by atoms with E-state index in [-0.39, 0.29) is 18.6 Å². The van der Waals surface area contributed by atoms with E-state index in [0.717, 1.165) is 30.6 Å². The number of carbonyl (C=O) groups excluding carboxylic acids is 3. The fraction of sp³-hybridized carbons (Fsp3) is 0.800. The highest BCUT2D eigenvalue weighted by Gasteiger charge is 2.50. The molecule has 1 aliphatic carbocycles. The van der Waals surface area contributed by atoms with Crippen molar-refractivity contribution in [2.45, 2.75) is 70.4 Å². The molecule has 0 radical (unpaired) electrons. The van der Waals surface area contributed by atoms with Crippen LogP contribution in [0.3, 0.4) is 0 Å². The van der Waals surface area contributed by atoms with Crippen LogP contribution < -0.4 is 5.32 Å². The van der Waals surface area contributed by atoms with Crippen LogP contribution in [0.15, 0.2) is 0 Å². The Kier molecular flexibility index (Phi) is 4.85. The summed E-state index contributed by atoms with van der Waals surface area (Å²) in [5, 5.41) is 2.83. The normalized spacial score (nSPS) is 22.1. The molecule has 2 fully saturated rings. The van der Waals surface area contributed by atoms with Crippen molar-refractivity contribution < 1.29 is 19.1 Å². The van der Waals surface area contributed by atoms with Gasteiger partial charge in [-0.3, -0.25) is 14.5 Å². The van der Waals surface area contributed by atoms with Crippen LogP contribution in [0.4, 0.5) is 4.79 Å². The van der Waals surface area contributed by atoms with Gasteiger partial charge in [-0.15, -0.1) is 0 Å². The molecule has 21 heavy (non-hydrogen) atoms. The van der Waals surface area contributed by atoms with Crippen molar-refractivity contribution in [1.29, 1.82) is 0 Å². The molecular weight excluding hydrogens is 272 g/mol. The number of esters is 1. The zero-order valence-electron chi connectivity index (χ0n) is 12.8. The second-order valence-corrected chi connectivity index (χ2v) is 6.21. The third-order valence-corrected chi connectivity index (χ3v) is 4.11. The van der Waals surface area contributed by atoms with E-state index in [1.165, 1.54) is 6.42 Å². The number of carbonyl (C=O) groups is 3. The van der Waals surface area contributed by atoms with Gasteiger partial charge in [-0.1, -0.05) is 32.1 Å².